The molecule has 1 heterocycles. The third kappa shape index (κ3) is 5.88. The predicted octanol–water partition coefficient (Wildman–Crippen LogP) is 7.46. The number of likely N-dealkylation sites (tertiary alicyclic amines) is 1. The first kappa shape index (κ1) is 26.9. The summed E-state index contributed by atoms with van der Waals surface area (Å²) in [5.41, 5.74) is 14.3. The number of anilines is 1. The maximum Gasteiger partial charge on any atom is 0.126 e. The quantitative estimate of drug-likeness (QED) is 0.339. The molecule has 0 saturated carbocycles. The van der Waals surface area contributed by atoms with Crippen molar-refractivity contribution in [1.29, 1.82) is 0 Å². The molecule has 0 bridgehead atoms. The number of fused-ring (bicyclic) bond motifs is 1. The topological polar surface area (TPSA) is 38.5 Å². The molecule has 2 N–H and O–H groups in total. The average Bonchev–Trinajstić information content (AvgIpc) is 3.24. The lowest BCUT2D eigenvalue weighted by molar-refractivity contribution is 0.198. The lowest BCUT2D eigenvalue weighted by Crippen LogP contribution is -2.26. The van der Waals surface area contributed by atoms with Crippen molar-refractivity contribution >= 4 is 16.8 Å². The number of hydrogen-bond donors (Lipinski definition) is 1. The summed E-state index contributed by atoms with van der Waals surface area (Å²) in [5, 5.41) is 0. The van der Waals surface area contributed by atoms with Crippen molar-refractivity contribution in [2.75, 3.05) is 32.0 Å². The van der Waals surface area contributed by atoms with Crippen LogP contribution in [0.1, 0.15) is 60.9 Å². The van der Waals surface area contributed by atoms with Crippen LogP contribution in [0.2, 0.25) is 0 Å². The molecule has 1 fully saturated rings. The molecular weight excluding hydrogens is 466 g/mol. The van der Waals surface area contributed by atoms with Gasteiger partial charge < -0.3 is 10.5 Å². The van der Waals surface area contributed by atoms with Crippen LogP contribution >= 0.6 is 0 Å². The molecule has 5 heteroatoms. The van der Waals surface area contributed by atoms with Crippen LogP contribution in [0.4, 0.5) is 14.5 Å². The van der Waals surface area contributed by atoms with E-state index in [-0.39, 0.29) is 26.0 Å². The van der Waals surface area contributed by atoms with Crippen molar-refractivity contribution in [3.8, 4) is 5.75 Å². The molecule has 1 atom stereocenters. The fourth-order valence-corrected chi connectivity index (χ4v) is 5.61. The van der Waals surface area contributed by atoms with Crippen LogP contribution in [0.5, 0.6) is 5.75 Å². The van der Waals surface area contributed by atoms with E-state index in [1.165, 1.54) is 17.2 Å². The summed E-state index contributed by atoms with van der Waals surface area (Å²) in [4.78, 5) is 2.27. The van der Waals surface area contributed by atoms with E-state index >= 15 is 0 Å². The molecule has 1 saturated heterocycles. The van der Waals surface area contributed by atoms with E-state index in [2.05, 4.69) is 29.2 Å². The second-order valence-corrected chi connectivity index (χ2v) is 9.93. The molecule has 5 rings (SSSR count). The summed E-state index contributed by atoms with van der Waals surface area (Å²) < 4.78 is 33.4. The van der Waals surface area contributed by atoms with Crippen LogP contribution in [0.15, 0.2) is 60.7 Å². The van der Waals surface area contributed by atoms with Crippen LogP contribution in [-0.2, 0) is 6.42 Å². The maximum absolute atomic E-state index is 14.6. The summed E-state index contributed by atoms with van der Waals surface area (Å²) in [7, 11) is 0. The molecule has 0 spiro atoms. The standard InChI is InChI=1S/C31H34F2N2O.CH4/c1-21-27(6-3-8-30(21)33)29-7-2-5-23-19-24(34)11-14-28(23)31(29)22-9-12-25(13-10-22)36-26-15-18-35(20-26)17-4-16-32;/h3,6,8-14,19,26H,2,4-5,7,15-18,20,34H2,1H3;1H4. The van der Waals surface area contributed by atoms with Gasteiger partial charge in [0.2, 0.25) is 0 Å². The lowest BCUT2D eigenvalue weighted by atomic mass is 9.86. The van der Waals surface area contributed by atoms with Gasteiger partial charge in [-0.2, -0.15) is 0 Å². The van der Waals surface area contributed by atoms with Crippen molar-refractivity contribution in [2.45, 2.75) is 52.6 Å². The number of halogens is 2. The molecule has 3 nitrogen and oxygen atoms in total. The highest BCUT2D eigenvalue weighted by atomic mass is 19.1. The summed E-state index contributed by atoms with van der Waals surface area (Å²) >= 11 is 0. The number of alkyl halides is 1. The van der Waals surface area contributed by atoms with E-state index in [4.69, 9.17) is 10.5 Å². The number of nitrogen functional groups attached to an aromatic ring is 1. The van der Waals surface area contributed by atoms with E-state index in [1.54, 1.807) is 6.07 Å². The summed E-state index contributed by atoms with van der Waals surface area (Å²) in [5.74, 6) is 0.660. The zero-order valence-corrected chi connectivity index (χ0v) is 20.9. The van der Waals surface area contributed by atoms with Crippen molar-refractivity contribution in [3.05, 3.63) is 94.3 Å². The van der Waals surface area contributed by atoms with E-state index < -0.39 is 0 Å². The third-order valence-electron chi connectivity index (χ3n) is 7.45. The lowest BCUT2D eigenvalue weighted by Gasteiger charge is -2.19. The molecule has 3 aromatic carbocycles. The Hall–Kier alpha value is -3.18. The summed E-state index contributed by atoms with van der Waals surface area (Å²) in [6.07, 6.45) is 4.44. The Kier molecular flexibility index (Phi) is 8.65. The van der Waals surface area contributed by atoms with E-state index in [9.17, 15) is 8.78 Å². The number of benzene rings is 3. The van der Waals surface area contributed by atoms with E-state index in [0.717, 1.165) is 79.0 Å². The molecule has 1 aliphatic carbocycles. The van der Waals surface area contributed by atoms with E-state index in [1.807, 2.05) is 31.2 Å². The van der Waals surface area contributed by atoms with Gasteiger partial charge in [-0.15, -0.1) is 0 Å². The zero-order chi connectivity index (χ0) is 25.1. The average molecular weight is 505 g/mol. The fraction of sp³-hybridized carbons (Fsp3) is 0.375. The first-order chi connectivity index (χ1) is 17.5. The molecule has 196 valence electrons. The van der Waals surface area contributed by atoms with Gasteiger partial charge in [-0.3, -0.25) is 9.29 Å². The smallest absolute Gasteiger partial charge is 0.126 e. The molecule has 1 aliphatic heterocycles. The first-order valence-electron chi connectivity index (χ1n) is 13.0. The van der Waals surface area contributed by atoms with E-state index in [0.29, 0.717) is 12.0 Å². The van der Waals surface area contributed by atoms with Gasteiger partial charge in [-0.25, -0.2) is 4.39 Å². The van der Waals surface area contributed by atoms with Gasteiger partial charge in [0.1, 0.15) is 17.7 Å². The number of hydrogen-bond acceptors (Lipinski definition) is 3. The number of ether oxygens (including phenoxy) is 1. The Morgan fingerprint density at radius 2 is 1.84 bits per heavy atom. The van der Waals surface area contributed by atoms with Gasteiger partial charge in [0, 0.05) is 25.3 Å². The second-order valence-electron chi connectivity index (χ2n) is 9.93. The van der Waals surface area contributed by atoms with Crippen LogP contribution in [0, 0.1) is 12.7 Å². The maximum atomic E-state index is 14.6. The van der Waals surface area contributed by atoms with Crippen molar-refractivity contribution in [3.63, 3.8) is 0 Å². The Balaban J connectivity index is 0.00000320. The zero-order valence-electron chi connectivity index (χ0n) is 20.9. The minimum atomic E-state index is -0.272. The Bertz CT molecular complexity index is 1250. The first-order valence-corrected chi connectivity index (χ1v) is 13.0. The highest BCUT2D eigenvalue weighted by Gasteiger charge is 2.25. The molecule has 0 radical (unpaired) electrons. The number of nitrogens with zero attached hydrogens (tertiary/aromatic N) is 1. The van der Waals surface area contributed by atoms with Crippen LogP contribution in [0.3, 0.4) is 0 Å². The predicted molar refractivity (Wildman–Crippen MR) is 150 cm³/mol. The van der Waals surface area contributed by atoms with Gasteiger partial charge in [-0.1, -0.05) is 37.8 Å². The molecule has 37 heavy (non-hydrogen) atoms. The highest BCUT2D eigenvalue weighted by molar-refractivity contribution is 6.00. The Morgan fingerprint density at radius 3 is 2.62 bits per heavy atom. The Labute approximate surface area is 220 Å². The fourth-order valence-electron chi connectivity index (χ4n) is 5.61. The number of nitrogens with two attached hydrogens (primary N) is 1. The molecule has 0 amide bonds. The highest BCUT2D eigenvalue weighted by Crippen LogP contribution is 2.41. The van der Waals surface area contributed by atoms with Gasteiger partial charge in [0.15, 0.2) is 0 Å². The van der Waals surface area contributed by atoms with Crippen molar-refractivity contribution in [2.24, 2.45) is 0 Å². The van der Waals surface area contributed by atoms with Gasteiger partial charge >= 0.3 is 0 Å². The second kappa shape index (κ2) is 11.9. The normalized spacial score (nSPS) is 17.8. The van der Waals surface area contributed by atoms with Crippen LogP contribution < -0.4 is 10.5 Å². The molecule has 1 unspecified atom stereocenters. The van der Waals surface area contributed by atoms with Gasteiger partial charge in [0.05, 0.1) is 6.67 Å². The van der Waals surface area contributed by atoms with Crippen molar-refractivity contribution in [1.82, 2.24) is 4.90 Å². The summed E-state index contributed by atoms with van der Waals surface area (Å²) in [6, 6.07) is 19.8. The molecular formula is C32H38F2N2O. The molecule has 0 aromatic heterocycles. The van der Waals surface area contributed by atoms with Crippen molar-refractivity contribution < 1.29 is 13.5 Å². The minimum absolute atomic E-state index is 0. The largest absolute Gasteiger partial charge is 0.489 e. The molecule has 2 aliphatic rings. The van der Waals surface area contributed by atoms with Crippen LogP contribution in [-0.4, -0.2) is 37.3 Å². The minimum Gasteiger partial charge on any atom is -0.489 e. The Morgan fingerprint density at radius 1 is 1.03 bits per heavy atom. The SMILES string of the molecule is C.Cc1c(F)cccc1C1=C(c2ccc(OC3CCN(CCCF)C3)cc2)c2ccc(N)cc2CCC1. The monoisotopic (exact) mass is 504 g/mol. The van der Waals surface area contributed by atoms with Crippen LogP contribution in [0.25, 0.3) is 11.1 Å². The number of aryl methyl sites for hydroxylation is 1. The van der Waals surface area contributed by atoms with Gasteiger partial charge in [0.25, 0.3) is 0 Å². The molecule has 3 aromatic rings. The van der Waals surface area contributed by atoms with Gasteiger partial charge in [-0.05, 0) is 108 Å². The third-order valence-corrected chi connectivity index (χ3v) is 7.45. The summed E-state index contributed by atoms with van der Waals surface area (Å²) in [6.45, 7) is 4.16. The number of rotatable bonds is 7. The number of allylic oxidation sites excluding steroid dienone is 1.